The van der Waals surface area contributed by atoms with Gasteiger partial charge in [-0.3, -0.25) is 0 Å². The number of benzene rings is 1. The van der Waals surface area contributed by atoms with E-state index in [1.165, 1.54) is 0 Å². The van der Waals surface area contributed by atoms with Crippen molar-refractivity contribution in [2.75, 3.05) is 0 Å². The summed E-state index contributed by atoms with van der Waals surface area (Å²) in [6, 6.07) is 5.64. The van der Waals surface area contributed by atoms with Crippen LogP contribution in [0.15, 0.2) is 22.7 Å². The van der Waals surface area contributed by atoms with Gasteiger partial charge in [-0.25, -0.2) is 0 Å². The lowest BCUT2D eigenvalue weighted by Gasteiger charge is -2.50. The number of halogens is 3. The average Bonchev–Trinajstić information content (AvgIpc) is 2.32. The van der Waals surface area contributed by atoms with Crippen LogP contribution < -0.4 is 4.74 Å². The zero-order valence-corrected chi connectivity index (χ0v) is 12.9. The van der Waals surface area contributed by atoms with Gasteiger partial charge < -0.3 is 4.74 Å². The summed E-state index contributed by atoms with van der Waals surface area (Å²) in [6.45, 7) is 4.32. The van der Waals surface area contributed by atoms with Crippen LogP contribution in [-0.4, -0.2) is 11.5 Å². The molecule has 4 heteroatoms. The first-order chi connectivity index (χ1) is 7.97. The second-order valence-corrected chi connectivity index (χ2v) is 6.59. The minimum Gasteiger partial charge on any atom is -0.488 e. The van der Waals surface area contributed by atoms with Gasteiger partial charge in [0.05, 0.1) is 5.02 Å². The van der Waals surface area contributed by atoms with Gasteiger partial charge in [0.25, 0.3) is 0 Å². The van der Waals surface area contributed by atoms with E-state index in [9.17, 15) is 0 Å². The van der Waals surface area contributed by atoms with Crippen molar-refractivity contribution in [1.29, 1.82) is 0 Å². The van der Waals surface area contributed by atoms with Gasteiger partial charge in [-0.1, -0.05) is 41.4 Å². The third kappa shape index (κ3) is 2.45. The maximum atomic E-state index is 6.27. The summed E-state index contributed by atoms with van der Waals surface area (Å²) in [6.07, 6.45) is 2.05. The second kappa shape index (κ2) is 4.99. The van der Waals surface area contributed by atoms with Crippen molar-refractivity contribution < 1.29 is 4.74 Å². The number of hydrogen-bond donors (Lipinski definition) is 0. The highest BCUT2D eigenvalue weighted by Gasteiger charge is 2.51. The molecular weight excluding hydrogens is 323 g/mol. The minimum atomic E-state index is 0.0488. The van der Waals surface area contributed by atoms with Gasteiger partial charge in [0.2, 0.25) is 0 Å². The molecule has 94 valence electrons. The van der Waals surface area contributed by atoms with Gasteiger partial charge in [-0.05, 0) is 24.6 Å². The van der Waals surface area contributed by atoms with Crippen molar-refractivity contribution in [3.8, 4) is 5.75 Å². The number of ether oxygens (including phenoxy) is 1. The molecule has 1 saturated carbocycles. The Morgan fingerprint density at radius 3 is 2.82 bits per heavy atom. The number of alkyl halides is 1. The predicted molar refractivity (Wildman–Crippen MR) is 76.2 cm³/mol. The molecule has 1 aromatic rings. The van der Waals surface area contributed by atoms with Crippen LogP contribution in [0.3, 0.4) is 0 Å². The Hall–Kier alpha value is 0.0800. The zero-order valence-electron chi connectivity index (χ0n) is 9.84. The average molecular weight is 338 g/mol. The van der Waals surface area contributed by atoms with Crippen molar-refractivity contribution in [2.24, 2.45) is 5.41 Å². The van der Waals surface area contributed by atoms with Crippen LogP contribution in [-0.2, 0) is 0 Å². The largest absolute Gasteiger partial charge is 0.488 e. The summed E-state index contributed by atoms with van der Waals surface area (Å²) in [5, 5.41) is 0.841. The monoisotopic (exact) mass is 336 g/mol. The van der Waals surface area contributed by atoms with E-state index in [-0.39, 0.29) is 16.9 Å². The van der Waals surface area contributed by atoms with E-state index in [4.69, 9.17) is 27.9 Å². The normalized spacial score (nSPS) is 32.1. The highest BCUT2D eigenvalue weighted by atomic mass is 79.9. The van der Waals surface area contributed by atoms with Crippen LogP contribution in [0.4, 0.5) is 0 Å². The van der Waals surface area contributed by atoms with Crippen LogP contribution in [0.1, 0.15) is 26.7 Å². The van der Waals surface area contributed by atoms with Crippen molar-refractivity contribution in [1.82, 2.24) is 0 Å². The molecule has 3 atom stereocenters. The lowest BCUT2D eigenvalue weighted by molar-refractivity contribution is -0.0294. The molecular formula is C13H15BrCl2O. The molecule has 0 spiro atoms. The van der Waals surface area contributed by atoms with Crippen molar-refractivity contribution >= 4 is 39.1 Å². The van der Waals surface area contributed by atoms with E-state index in [0.717, 1.165) is 23.1 Å². The fraction of sp³-hybridized carbons (Fsp3) is 0.538. The maximum Gasteiger partial charge on any atom is 0.139 e. The predicted octanol–water partition coefficient (Wildman–Crippen LogP) is 5.28. The second-order valence-electron chi connectivity index (χ2n) is 4.74. The molecule has 0 radical (unpaired) electrons. The Labute approximate surface area is 121 Å². The molecule has 1 aromatic carbocycles. The van der Waals surface area contributed by atoms with E-state index in [1.54, 1.807) is 0 Å². The number of hydrogen-bond acceptors (Lipinski definition) is 1. The molecule has 1 aliphatic carbocycles. The molecule has 17 heavy (non-hydrogen) atoms. The van der Waals surface area contributed by atoms with Crippen LogP contribution in [0, 0.1) is 5.41 Å². The summed E-state index contributed by atoms with van der Waals surface area (Å²) in [5.41, 5.74) is 0.0488. The lowest BCUT2D eigenvalue weighted by Crippen LogP contribution is -2.55. The topological polar surface area (TPSA) is 9.23 Å². The molecule has 0 saturated heterocycles. The summed E-state index contributed by atoms with van der Waals surface area (Å²) in [5.74, 6) is 0.731. The Balaban J connectivity index is 2.14. The third-order valence-corrected chi connectivity index (χ3v) is 5.28. The van der Waals surface area contributed by atoms with Gasteiger partial charge in [0, 0.05) is 21.7 Å². The SMILES string of the molecule is CCC1(C)C(Cl)CC1Oc1cc(Br)ccc1Cl. The molecule has 0 heterocycles. The van der Waals surface area contributed by atoms with Crippen LogP contribution in [0.2, 0.25) is 5.02 Å². The van der Waals surface area contributed by atoms with Crippen molar-refractivity contribution in [2.45, 2.75) is 38.2 Å². The first-order valence-corrected chi connectivity index (χ1v) is 7.34. The molecule has 0 N–H and O–H groups in total. The van der Waals surface area contributed by atoms with Gasteiger partial charge in [0.15, 0.2) is 0 Å². The smallest absolute Gasteiger partial charge is 0.139 e. The van der Waals surface area contributed by atoms with Gasteiger partial charge >= 0.3 is 0 Å². The van der Waals surface area contributed by atoms with Gasteiger partial charge in [0.1, 0.15) is 11.9 Å². The first kappa shape index (κ1) is 13.5. The number of rotatable bonds is 3. The van der Waals surface area contributed by atoms with Gasteiger partial charge in [-0.15, -0.1) is 11.6 Å². The molecule has 1 fully saturated rings. The summed E-state index contributed by atoms with van der Waals surface area (Å²) < 4.78 is 6.96. The van der Waals surface area contributed by atoms with E-state index < -0.39 is 0 Å². The molecule has 0 aromatic heterocycles. The highest BCUT2D eigenvalue weighted by Crippen LogP contribution is 2.49. The molecule has 1 aliphatic rings. The van der Waals surface area contributed by atoms with Crippen molar-refractivity contribution in [3.63, 3.8) is 0 Å². The summed E-state index contributed by atoms with van der Waals surface area (Å²) >= 11 is 15.8. The molecule has 1 nitrogen and oxygen atoms in total. The van der Waals surface area contributed by atoms with E-state index in [2.05, 4.69) is 29.8 Å². The van der Waals surface area contributed by atoms with Gasteiger partial charge in [-0.2, -0.15) is 0 Å². The zero-order chi connectivity index (χ0) is 12.6. The van der Waals surface area contributed by atoms with Crippen LogP contribution in [0.25, 0.3) is 0 Å². The summed E-state index contributed by atoms with van der Waals surface area (Å²) in [7, 11) is 0. The minimum absolute atomic E-state index is 0.0488. The van der Waals surface area contributed by atoms with E-state index in [0.29, 0.717) is 5.02 Å². The summed E-state index contributed by atoms with van der Waals surface area (Å²) in [4.78, 5) is 0. The molecule has 0 bridgehead atoms. The lowest BCUT2D eigenvalue weighted by atomic mass is 9.65. The highest BCUT2D eigenvalue weighted by molar-refractivity contribution is 9.10. The van der Waals surface area contributed by atoms with E-state index in [1.807, 2.05) is 18.2 Å². The fourth-order valence-corrected chi connectivity index (χ4v) is 3.08. The fourth-order valence-electron chi connectivity index (χ4n) is 2.12. The van der Waals surface area contributed by atoms with Crippen LogP contribution in [0.5, 0.6) is 5.75 Å². The standard InChI is InChI=1S/C13H15BrCl2O/c1-3-13(2)11(16)7-12(13)17-10-6-8(14)4-5-9(10)15/h4-6,11-12H,3,7H2,1-2H3. The Bertz CT molecular complexity index is 424. The van der Waals surface area contributed by atoms with E-state index >= 15 is 0 Å². The maximum absolute atomic E-state index is 6.27. The quantitative estimate of drug-likeness (QED) is 0.682. The molecule has 3 unspecified atom stereocenters. The Morgan fingerprint density at radius 2 is 2.24 bits per heavy atom. The molecule has 0 aliphatic heterocycles. The Morgan fingerprint density at radius 1 is 1.53 bits per heavy atom. The van der Waals surface area contributed by atoms with Crippen LogP contribution >= 0.6 is 39.1 Å². The Kier molecular flexibility index (Phi) is 3.96. The first-order valence-electron chi connectivity index (χ1n) is 5.73. The van der Waals surface area contributed by atoms with Crippen molar-refractivity contribution in [3.05, 3.63) is 27.7 Å². The molecule has 2 rings (SSSR count). The molecule has 0 amide bonds. The third-order valence-electron chi connectivity index (χ3n) is 3.80.